The van der Waals surface area contributed by atoms with Gasteiger partial charge in [-0.3, -0.25) is 0 Å². The van der Waals surface area contributed by atoms with Gasteiger partial charge in [0, 0.05) is 12.1 Å². The molecule has 5 nitrogen and oxygen atoms in total. The first-order chi connectivity index (χ1) is 9.93. The Balaban J connectivity index is 0.00000176. The molecule has 0 bridgehead atoms. The van der Waals surface area contributed by atoms with Crippen LogP contribution in [0.15, 0.2) is 28.8 Å². The van der Waals surface area contributed by atoms with Crippen molar-refractivity contribution in [2.75, 3.05) is 6.54 Å². The molecule has 0 aliphatic carbocycles. The third-order valence-corrected chi connectivity index (χ3v) is 3.30. The molecule has 2 heterocycles. The molecule has 22 heavy (non-hydrogen) atoms. The highest BCUT2D eigenvalue weighted by atomic mass is 35.5. The van der Waals surface area contributed by atoms with E-state index >= 15 is 0 Å². The summed E-state index contributed by atoms with van der Waals surface area (Å²) < 4.78 is 43.1. The number of aliphatic hydroxyl groups is 1. The van der Waals surface area contributed by atoms with E-state index in [0.717, 1.165) is 12.1 Å². The number of nitrogens with zero attached hydrogens (tertiary/aromatic N) is 2. The van der Waals surface area contributed by atoms with E-state index in [-0.39, 0.29) is 35.7 Å². The SMILES string of the molecule is Cl.O[C@@H]1CN[C@@H](c2nc(-c3cccc(C(F)(F)F)c3)no2)C1. The highest BCUT2D eigenvalue weighted by molar-refractivity contribution is 5.85. The van der Waals surface area contributed by atoms with Crippen LogP contribution in [-0.2, 0) is 6.18 Å². The van der Waals surface area contributed by atoms with Gasteiger partial charge >= 0.3 is 6.18 Å². The van der Waals surface area contributed by atoms with Crippen LogP contribution in [0.4, 0.5) is 13.2 Å². The normalized spacial score (nSPS) is 21.6. The van der Waals surface area contributed by atoms with Crippen molar-refractivity contribution in [2.45, 2.75) is 24.7 Å². The molecule has 0 saturated carbocycles. The molecule has 1 aliphatic rings. The Morgan fingerprint density at radius 1 is 1.32 bits per heavy atom. The number of halogens is 4. The summed E-state index contributed by atoms with van der Waals surface area (Å²) in [5, 5.41) is 16.1. The Labute approximate surface area is 129 Å². The smallest absolute Gasteiger partial charge is 0.392 e. The van der Waals surface area contributed by atoms with Crippen LogP contribution in [0.1, 0.15) is 23.9 Å². The summed E-state index contributed by atoms with van der Waals surface area (Å²) in [5.41, 5.74) is -0.529. The molecule has 120 valence electrons. The summed E-state index contributed by atoms with van der Waals surface area (Å²) in [6.45, 7) is 0.423. The first kappa shape index (κ1) is 16.7. The molecule has 1 aromatic carbocycles. The van der Waals surface area contributed by atoms with Gasteiger partial charge in [-0.1, -0.05) is 17.3 Å². The molecule has 9 heteroatoms. The minimum atomic E-state index is -4.42. The van der Waals surface area contributed by atoms with Gasteiger partial charge in [-0.25, -0.2) is 0 Å². The Kier molecular flexibility index (Phi) is 4.74. The van der Waals surface area contributed by atoms with Gasteiger partial charge < -0.3 is 14.9 Å². The Morgan fingerprint density at radius 3 is 2.73 bits per heavy atom. The fourth-order valence-electron chi connectivity index (χ4n) is 2.23. The van der Waals surface area contributed by atoms with Crippen LogP contribution in [0, 0.1) is 0 Å². The van der Waals surface area contributed by atoms with Crippen LogP contribution in [0.5, 0.6) is 0 Å². The number of alkyl halides is 3. The van der Waals surface area contributed by atoms with Crippen molar-refractivity contribution in [1.82, 2.24) is 15.5 Å². The third-order valence-electron chi connectivity index (χ3n) is 3.30. The fourth-order valence-corrected chi connectivity index (χ4v) is 2.23. The number of nitrogens with one attached hydrogen (secondary N) is 1. The number of benzene rings is 1. The van der Waals surface area contributed by atoms with Crippen LogP contribution < -0.4 is 5.32 Å². The quantitative estimate of drug-likeness (QED) is 0.882. The molecule has 2 N–H and O–H groups in total. The van der Waals surface area contributed by atoms with Crippen molar-refractivity contribution in [3.05, 3.63) is 35.7 Å². The van der Waals surface area contributed by atoms with Gasteiger partial charge in [-0.15, -0.1) is 12.4 Å². The lowest BCUT2D eigenvalue weighted by atomic mass is 10.1. The second kappa shape index (κ2) is 6.23. The number of rotatable bonds is 2. The van der Waals surface area contributed by atoms with Gasteiger partial charge in [0.25, 0.3) is 0 Å². The summed E-state index contributed by atoms with van der Waals surface area (Å²) in [7, 11) is 0. The Hall–Kier alpha value is -1.64. The maximum atomic E-state index is 12.7. The van der Waals surface area contributed by atoms with Crippen LogP contribution in [0.3, 0.4) is 0 Å². The average molecular weight is 336 g/mol. The second-order valence-electron chi connectivity index (χ2n) is 4.89. The van der Waals surface area contributed by atoms with Gasteiger partial charge in [0.05, 0.1) is 17.7 Å². The monoisotopic (exact) mass is 335 g/mol. The summed E-state index contributed by atoms with van der Waals surface area (Å²) >= 11 is 0. The standard InChI is InChI=1S/C13H12F3N3O2.ClH/c14-13(15,16)8-3-1-2-7(4-8)11-18-12(21-19-11)10-5-9(20)6-17-10;/h1-4,9-10,17,20H,5-6H2;1H/t9-,10+;/m0./s1. The van der Waals surface area contributed by atoms with Crippen molar-refractivity contribution in [3.63, 3.8) is 0 Å². The lowest BCUT2D eigenvalue weighted by molar-refractivity contribution is -0.137. The van der Waals surface area contributed by atoms with Crippen LogP contribution in [0.25, 0.3) is 11.4 Å². The minimum Gasteiger partial charge on any atom is -0.392 e. The number of β-amino-alcohol motifs (C(OH)–C–C–N with tert-alkyl or cyclic N) is 1. The zero-order valence-electron chi connectivity index (χ0n) is 11.2. The zero-order chi connectivity index (χ0) is 15.0. The maximum Gasteiger partial charge on any atom is 0.416 e. The van der Waals surface area contributed by atoms with Gasteiger partial charge in [0.2, 0.25) is 11.7 Å². The predicted octanol–water partition coefficient (Wildman–Crippen LogP) is 2.57. The average Bonchev–Trinajstić information content (AvgIpc) is 3.06. The minimum absolute atomic E-state index is 0. The molecule has 2 aromatic rings. The molecular weight excluding hydrogens is 323 g/mol. The van der Waals surface area contributed by atoms with Crippen LogP contribution in [-0.4, -0.2) is 27.9 Å². The molecule has 0 amide bonds. The van der Waals surface area contributed by atoms with Crippen molar-refractivity contribution >= 4 is 12.4 Å². The summed E-state index contributed by atoms with van der Waals surface area (Å²) in [6.07, 6.45) is -4.47. The summed E-state index contributed by atoms with van der Waals surface area (Å²) in [5.74, 6) is 0.359. The van der Waals surface area contributed by atoms with Crippen LogP contribution in [0.2, 0.25) is 0 Å². The predicted molar refractivity (Wildman–Crippen MR) is 73.4 cm³/mol. The second-order valence-corrected chi connectivity index (χ2v) is 4.89. The topological polar surface area (TPSA) is 71.2 Å². The Morgan fingerprint density at radius 2 is 2.09 bits per heavy atom. The number of aliphatic hydroxyl groups excluding tert-OH is 1. The van der Waals surface area contributed by atoms with E-state index in [9.17, 15) is 18.3 Å². The Bertz CT molecular complexity index is 647. The van der Waals surface area contributed by atoms with E-state index in [1.54, 1.807) is 0 Å². The highest BCUT2D eigenvalue weighted by Crippen LogP contribution is 2.32. The molecular formula is C13H13ClF3N3O2. The van der Waals surface area contributed by atoms with E-state index in [1.165, 1.54) is 12.1 Å². The lowest BCUT2D eigenvalue weighted by Gasteiger charge is -2.06. The fraction of sp³-hybridized carbons (Fsp3) is 0.385. The molecule has 0 spiro atoms. The van der Waals surface area contributed by atoms with E-state index in [1.807, 2.05) is 0 Å². The van der Waals surface area contributed by atoms with Crippen molar-refractivity contribution in [3.8, 4) is 11.4 Å². The lowest BCUT2D eigenvalue weighted by Crippen LogP contribution is -2.15. The van der Waals surface area contributed by atoms with E-state index in [0.29, 0.717) is 13.0 Å². The van der Waals surface area contributed by atoms with E-state index in [2.05, 4.69) is 15.5 Å². The molecule has 0 unspecified atom stereocenters. The molecule has 1 fully saturated rings. The third kappa shape index (κ3) is 3.40. The van der Waals surface area contributed by atoms with Crippen molar-refractivity contribution in [1.29, 1.82) is 0 Å². The van der Waals surface area contributed by atoms with Gasteiger partial charge in [0.1, 0.15) is 0 Å². The number of hydrogen-bond acceptors (Lipinski definition) is 5. The van der Waals surface area contributed by atoms with Crippen molar-refractivity contribution in [2.24, 2.45) is 0 Å². The van der Waals surface area contributed by atoms with E-state index < -0.39 is 17.8 Å². The van der Waals surface area contributed by atoms with Gasteiger partial charge in [-0.05, 0) is 18.6 Å². The molecule has 1 aromatic heterocycles. The number of aromatic nitrogens is 2. The van der Waals surface area contributed by atoms with Crippen LogP contribution >= 0.6 is 12.4 Å². The summed E-state index contributed by atoms with van der Waals surface area (Å²) in [4.78, 5) is 4.10. The number of hydrogen-bond donors (Lipinski definition) is 2. The van der Waals surface area contributed by atoms with Gasteiger partial charge in [-0.2, -0.15) is 18.2 Å². The molecule has 3 rings (SSSR count). The largest absolute Gasteiger partial charge is 0.416 e. The molecule has 0 radical (unpaired) electrons. The first-order valence-electron chi connectivity index (χ1n) is 6.36. The molecule has 1 aliphatic heterocycles. The van der Waals surface area contributed by atoms with Gasteiger partial charge in [0.15, 0.2) is 0 Å². The highest BCUT2D eigenvalue weighted by Gasteiger charge is 2.31. The van der Waals surface area contributed by atoms with E-state index in [4.69, 9.17) is 4.52 Å². The first-order valence-corrected chi connectivity index (χ1v) is 6.36. The molecule has 1 saturated heterocycles. The maximum absolute atomic E-state index is 12.7. The molecule has 2 atom stereocenters. The zero-order valence-corrected chi connectivity index (χ0v) is 12.0. The van der Waals surface area contributed by atoms with Crippen molar-refractivity contribution < 1.29 is 22.8 Å². The summed E-state index contributed by atoms with van der Waals surface area (Å²) in [6, 6.07) is 4.48.